The molecule has 0 N–H and O–H groups in total. The second-order valence-corrected chi connectivity index (χ2v) is 15.3. The number of thiazole rings is 1. The number of aromatic nitrogens is 1. The summed E-state index contributed by atoms with van der Waals surface area (Å²) in [6, 6.07) is 73.3. The topological polar surface area (TPSA) is 29.3 Å². The molecular weight excluding hydrogens is 713 g/mol. The zero-order valence-electron chi connectivity index (χ0n) is 30.8. The van der Waals surface area contributed by atoms with Crippen LogP contribution in [0.1, 0.15) is 0 Å². The van der Waals surface area contributed by atoms with Gasteiger partial charge in [0, 0.05) is 27.7 Å². The highest BCUT2D eigenvalue weighted by Crippen LogP contribution is 2.53. The number of rotatable bonds is 7. The van der Waals surface area contributed by atoms with Crippen molar-refractivity contribution in [2.24, 2.45) is 0 Å². The normalized spacial score (nSPS) is 11.5. The highest BCUT2D eigenvalue weighted by atomic mass is 32.1. The molecule has 0 spiro atoms. The number of hydrogen-bond acceptors (Lipinski definition) is 4. The number of nitrogens with zero attached hydrogens (tertiary/aromatic N) is 2. The molecule has 0 aliphatic carbocycles. The van der Waals surface area contributed by atoms with Crippen molar-refractivity contribution in [3.63, 3.8) is 0 Å². The van der Waals surface area contributed by atoms with Gasteiger partial charge in [0.2, 0.25) is 0 Å². The fourth-order valence-corrected chi connectivity index (χ4v) is 9.20. The first kappa shape index (κ1) is 33.1. The van der Waals surface area contributed by atoms with Gasteiger partial charge in [-0.25, -0.2) is 4.98 Å². The van der Waals surface area contributed by atoms with E-state index in [4.69, 9.17) is 9.40 Å². The molecule has 0 fully saturated rings. The van der Waals surface area contributed by atoms with E-state index in [0.29, 0.717) is 0 Å². The van der Waals surface area contributed by atoms with Crippen molar-refractivity contribution in [1.82, 2.24) is 4.98 Å². The van der Waals surface area contributed by atoms with Crippen LogP contribution in [0, 0.1) is 0 Å². The highest BCUT2D eigenvalue weighted by Gasteiger charge is 2.28. The van der Waals surface area contributed by atoms with E-state index in [1.165, 1.54) is 22.3 Å². The predicted octanol–water partition coefficient (Wildman–Crippen LogP) is 15.5. The van der Waals surface area contributed by atoms with Crippen molar-refractivity contribution < 1.29 is 4.42 Å². The molecule has 0 amide bonds. The first-order valence-corrected chi connectivity index (χ1v) is 20.0. The first-order valence-electron chi connectivity index (χ1n) is 19.2. The van der Waals surface area contributed by atoms with E-state index in [-0.39, 0.29) is 0 Å². The number of furan rings is 1. The summed E-state index contributed by atoms with van der Waals surface area (Å²) in [4.78, 5) is 7.74. The van der Waals surface area contributed by atoms with Crippen molar-refractivity contribution in [2.45, 2.75) is 0 Å². The molecule has 0 radical (unpaired) electrons. The van der Waals surface area contributed by atoms with Crippen LogP contribution in [0.15, 0.2) is 211 Å². The van der Waals surface area contributed by atoms with Gasteiger partial charge in [-0.15, -0.1) is 11.3 Å². The van der Waals surface area contributed by atoms with E-state index in [1.54, 1.807) is 11.3 Å². The van der Waals surface area contributed by atoms with Crippen LogP contribution in [-0.4, -0.2) is 4.98 Å². The standard InChI is InChI=1S/C53H34N2OS/c1-3-13-35(14-4-1)37-23-25-38(26-24-37)40-29-33-42(34-30-40)55(41-31-27-39(28-32-41)36-15-5-2-6-16-36)51-49-45-19-9-11-21-47(45)56-52(49)44-18-8-7-17-43(44)50(51)53-54-46-20-10-12-22-48(46)57-53/h1-34H. The average Bonchev–Trinajstić information content (AvgIpc) is 3.90. The third kappa shape index (κ3) is 5.78. The third-order valence-electron chi connectivity index (χ3n) is 10.9. The summed E-state index contributed by atoms with van der Waals surface area (Å²) in [5.41, 5.74) is 14.0. The fourth-order valence-electron chi connectivity index (χ4n) is 8.17. The maximum absolute atomic E-state index is 6.83. The van der Waals surface area contributed by atoms with E-state index >= 15 is 0 Å². The van der Waals surface area contributed by atoms with E-state index in [0.717, 1.165) is 81.7 Å². The minimum absolute atomic E-state index is 0.856. The Hall–Kier alpha value is -7.27. The molecule has 57 heavy (non-hydrogen) atoms. The van der Waals surface area contributed by atoms with Crippen molar-refractivity contribution in [1.29, 1.82) is 0 Å². The lowest BCUT2D eigenvalue weighted by Gasteiger charge is -2.29. The molecule has 4 heteroatoms. The van der Waals surface area contributed by atoms with Gasteiger partial charge in [-0.1, -0.05) is 164 Å². The number of anilines is 3. The Morgan fingerprint density at radius 2 is 0.860 bits per heavy atom. The Labute approximate surface area is 334 Å². The Bertz CT molecular complexity index is 3170. The lowest BCUT2D eigenvalue weighted by Crippen LogP contribution is -2.12. The quantitative estimate of drug-likeness (QED) is 0.163. The molecule has 0 unspecified atom stereocenters. The Balaban J connectivity index is 1.17. The van der Waals surface area contributed by atoms with Crippen LogP contribution in [0.4, 0.5) is 17.1 Å². The molecule has 11 rings (SSSR count). The van der Waals surface area contributed by atoms with Gasteiger partial charge in [0.25, 0.3) is 0 Å². The predicted molar refractivity (Wildman–Crippen MR) is 241 cm³/mol. The van der Waals surface area contributed by atoms with Gasteiger partial charge in [-0.05, 0) is 81.2 Å². The number of benzene rings is 9. The van der Waals surface area contributed by atoms with Gasteiger partial charge >= 0.3 is 0 Å². The first-order chi connectivity index (χ1) is 28.3. The molecule has 2 heterocycles. The van der Waals surface area contributed by atoms with Crippen molar-refractivity contribution in [3.8, 4) is 44.0 Å². The molecule has 2 aromatic heterocycles. The summed E-state index contributed by atoms with van der Waals surface area (Å²) in [6.07, 6.45) is 0. The SMILES string of the molecule is c1ccc(-c2ccc(-c3ccc(N(c4ccc(-c5ccccc5)cc4)c4c(-c5nc6ccccc6s5)c5ccccc5c5oc6ccccc6c45)cc3)cc2)cc1. The number of para-hydroxylation sites is 2. The lowest BCUT2D eigenvalue weighted by molar-refractivity contribution is 0.672. The van der Waals surface area contributed by atoms with Crippen molar-refractivity contribution in [3.05, 3.63) is 206 Å². The molecule has 3 nitrogen and oxygen atoms in total. The monoisotopic (exact) mass is 746 g/mol. The third-order valence-corrected chi connectivity index (χ3v) is 12.0. The molecular formula is C53H34N2OS. The van der Waals surface area contributed by atoms with Crippen LogP contribution in [0.25, 0.3) is 86.9 Å². The van der Waals surface area contributed by atoms with Gasteiger partial charge in [0.1, 0.15) is 16.2 Å². The van der Waals surface area contributed by atoms with E-state index in [1.807, 2.05) is 6.07 Å². The minimum atomic E-state index is 0.856. The van der Waals surface area contributed by atoms with Gasteiger partial charge in [0.05, 0.1) is 21.3 Å². The Morgan fingerprint density at radius 1 is 0.404 bits per heavy atom. The largest absolute Gasteiger partial charge is 0.455 e. The van der Waals surface area contributed by atoms with E-state index < -0.39 is 0 Å². The number of hydrogen-bond donors (Lipinski definition) is 0. The fraction of sp³-hybridized carbons (Fsp3) is 0. The van der Waals surface area contributed by atoms with Gasteiger partial charge in [-0.2, -0.15) is 0 Å². The van der Waals surface area contributed by atoms with Gasteiger partial charge in [0.15, 0.2) is 0 Å². The van der Waals surface area contributed by atoms with Crippen LogP contribution in [0.5, 0.6) is 0 Å². The smallest absolute Gasteiger partial charge is 0.145 e. The summed E-state index contributed by atoms with van der Waals surface area (Å²) in [6.45, 7) is 0. The molecule has 0 bridgehead atoms. The molecule has 0 saturated heterocycles. The van der Waals surface area contributed by atoms with Crippen molar-refractivity contribution >= 4 is 71.3 Å². The maximum atomic E-state index is 6.83. The summed E-state index contributed by atoms with van der Waals surface area (Å²) < 4.78 is 7.98. The Kier molecular flexibility index (Phi) is 8.01. The van der Waals surface area contributed by atoms with Crippen LogP contribution in [0.3, 0.4) is 0 Å². The van der Waals surface area contributed by atoms with Crippen LogP contribution >= 0.6 is 11.3 Å². The molecule has 0 aliphatic heterocycles. The Morgan fingerprint density at radius 3 is 1.44 bits per heavy atom. The number of fused-ring (bicyclic) bond motifs is 6. The molecule has 9 aromatic carbocycles. The average molecular weight is 747 g/mol. The van der Waals surface area contributed by atoms with Gasteiger partial charge < -0.3 is 9.32 Å². The van der Waals surface area contributed by atoms with E-state index in [2.05, 4.69) is 205 Å². The van der Waals surface area contributed by atoms with Crippen molar-refractivity contribution in [2.75, 3.05) is 4.90 Å². The molecule has 0 saturated carbocycles. The molecule has 0 atom stereocenters. The second-order valence-electron chi connectivity index (χ2n) is 14.3. The maximum Gasteiger partial charge on any atom is 0.145 e. The zero-order chi connectivity index (χ0) is 37.7. The van der Waals surface area contributed by atoms with E-state index in [9.17, 15) is 0 Å². The van der Waals surface area contributed by atoms with Crippen LogP contribution < -0.4 is 4.90 Å². The zero-order valence-corrected chi connectivity index (χ0v) is 31.7. The van der Waals surface area contributed by atoms with Gasteiger partial charge in [-0.3, -0.25) is 0 Å². The molecule has 268 valence electrons. The summed E-state index contributed by atoms with van der Waals surface area (Å²) in [5, 5.41) is 5.26. The van der Waals surface area contributed by atoms with Crippen LogP contribution in [-0.2, 0) is 0 Å². The van der Waals surface area contributed by atoms with Crippen LogP contribution in [0.2, 0.25) is 0 Å². The minimum Gasteiger partial charge on any atom is -0.455 e. The molecule has 0 aliphatic rings. The lowest BCUT2D eigenvalue weighted by atomic mass is 9.95. The summed E-state index contributed by atoms with van der Waals surface area (Å²) in [5.74, 6) is 0. The molecule has 11 aromatic rings. The summed E-state index contributed by atoms with van der Waals surface area (Å²) >= 11 is 1.73. The summed E-state index contributed by atoms with van der Waals surface area (Å²) in [7, 11) is 0. The highest BCUT2D eigenvalue weighted by molar-refractivity contribution is 7.21. The second kappa shape index (κ2) is 13.8.